The number of hydrogen-bond acceptors (Lipinski definition) is 3. The lowest BCUT2D eigenvalue weighted by molar-refractivity contribution is 0.452. The number of nitrogens with one attached hydrogen (secondary N) is 1. The van der Waals surface area contributed by atoms with Gasteiger partial charge < -0.3 is 5.32 Å². The van der Waals surface area contributed by atoms with E-state index in [4.69, 9.17) is 4.98 Å². The molecule has 0 aliphatic carbocycles. The molecule has 1 aromatic heterocycles. The highest BCUT2D eigenvalue weighted by molar-refractivity contribution is 7.15. The molecular weight excluding hydrogens is 240 g/mol. The van der Waals surface area contributed by atoms with Crippen LogP contribution in [0.5, 0.6) is 0 Å². The maximum atomic E-state index is 4.77. The lowest BCUT2D eigenvalue weighted by atomic mass is 10.0. The number of aryl methyl sites for hydroxylation is 3. The summed E-state index contributed by atoms with van der Waals surface area (Å²) >= 11 is 1.87. The van der Waals surface area contributed by atoms with Crippen LogP contribution in [-0.2, 0) is 0 Å². The van der Waals surface area contributed by atoms with Crippen LogP contribution in [0.25, 0.3) is 10.6 Å². The second kappa shape index (κ2) is 4.48. The molecule has 0 spiro atoms. The SMILES string of the molecule is Cc1ccc(-c2nc(C)c(C3CNC3)s2)c(C)c1. The first kappa shape index (κ1) is 11.9. The van der Waals surface area contributed by atoms with E-state index < -0.39 is 0 Å². The van der Waals surface area contributed by atoms with Gasteiger partial charge in [0.2, 0.25) is 0 Å². The molecule has 3 rings (SSSR count). The Hall–Kier alpha value is -1.19. The smallest absolute Gasteiger partial charge is 0.124 e. The number of rotatable bonds is 2. The summed E-state index contributed by atoms with van der Waals surface area (Å²) in [6.07, 6.45) is 0. The molecule has 2 nitrogen and oxygen atoms in total. The van der Waals surface area contributed by atoms with Gasteiger partial charge in [0.1, 0.15) is 5.01 Å². The minimum absolute atomic E-state index is 0.682. The van der Waals surface area contributed by atoms with Crippen LogP contribution in [0.15, 0.2) is 18.2 Å². The Labute approximate surface area is 112 Å². The van der Waals surface area contributed by atoms with Gasteiger partial charge in [-0.15, -0.1) is 11.3 Å². The summed E-state index contributed by atoms with van der Waals surface area (Å²) in [6.45, 7) is 8.65. The van der Waals surface area contributed by atoms with Crippen LogP contribution in [0.4, 0.5) is 0 Å². The molecule has 0 atom stereocenters. The average molecular weight is 258 g/mol. The van der Waals surface area contributed by atoms with Crippen molar-refractivity contribution in [1.82, 2.24) is 10.3 Å². The van der Waals surface area contributed by atoms with Gasteiger partial charge in [-0.05, 0) is 26.3 Å². The van der Waals surface area contributed by atoms with Crippen molar-refractivity contribution in [3.05, 3.63) is 39.9 Å². The van der Waals surface area contributed by atoms with Crippen molar-refractivity contribution in [2.45, 2.75) is 26.7 Å². The van der Waals surface area contributed by atoms with Gasteiger partial charge in [0, 0.05) is 29.4 Å². The zero-order valence-corrected chi connectivity index (χ0v) is 11.9. The quantitative estimate of drug-likeness (QED) is 0.892. The van der Waals surface area contributed by atoms with Gasteiger partial charge in [0.25, 0.3) is 0 Å². The van der Waals surface area contributed by atoms with Crippen molar-refractivity contribution >= 4 is 11.3 Å². The number of aromatic nitrogens is 1. The Kier molecular flexibility index (Phi) is 2.96. The van der Waals surface area contributed by atoms with E-state index in [0.717, 1.165) is 13.1 Å². The van der Waals surface area contributed by atoms with Gasteiger partial charge in [-0.1, -0.05) is 23.8 Å². The lowest BCUT2D eigenvalue weighted by Gasteiger charge is -2.26. The third kappa shape index (κ3) is 1.98. The molecular formula is C15H18N2S. The van der Waals surface area contributed by atoms with Crippen molar-refractivity contribution in [3.63, 3.8) is 0 Å². The van der Waals surface area contributed by atoms with Crippen molar-refractivity contribution in [2.24, 2.45) is 0 Å². The minimum atomic E-state index is 0.682. The zero-order chi connectivity index (χ0) is 12.7. The van der Waals surface area contributed by atoms with E-state index in [1.807, 2.05) is 11.3 Å². The Balaban J connectivity index is 2.01. The minimum Gasteiger partial charge on any atom is -0.315 e. The van der Waals surface area contributed by atoms with Crippen molar-refractivity contribution in [1.29, 1.82) is 0 Å². The van der Waals surface area contributed by atoms with E-state index in [-0.39, 0.29) is 0 Å². The maximum Gasteiger partial charge on any atom is 0.124 e. The molecule has 1 fully saturated rings. The molecule has 1 aliphatic heterocycles. The Morgan fingerprint density at radius 2 is 2.00 bits per heavy atom. The Morgan fingerprint density at radius 1 is 1.22 bits per heavy atom. The summed E-state index contributed by atoms with van der Waals surface area (Å²) in [5.74, 6) is 0.682. The van der Waals surface area contributed by atoms with Crippen LogP contribution in [0.3, 0.4) is 0 Å². The van der Waals surface area contributed by atoms with Gasteiger partial charge in [0.05, 0.1) is 5.69 Å². The van der Waals surface area contributed by atoms with Gasteiger partial charge in [0.15, 0.2) is 0 Å². The molecule has 0 radical (unpaired) electrons. The van der Waals surface area contributed by atoms with Crippen LogP contribution in [0.1, 0.15) is 27.6 Å². The highest BCUT2D eigenvalue weighted by Crippen LogP contribution is 2.35. The van der Waals surface area contributed by atoms with Gasteiger partial charge in [-0.3, -0.25) is 0 Å². The fourth-order valence-electron chi connectivity index (χ4n) is 2.43. The topological polar surface area (TPSA) is 24.9 Å². The van der Waals surface area contributed by atoms with E-state index in [0.29, 0.717) is 5.92 Å². The molecule has 1 N–H and O–H groups in total. The van der Waals surface area contributed by atoms with E-state index in [9.17, 15) is 0 Å². The van der Waals surface area contributed by atoms with Crippen LogP contribution < -0.4 is 5.32 Å². The van der Waals surface area contributed by atoms with Gasteiger partial charge in [-0.25, -0.2) is 4.98 Å². The molecule has 18 heavy (non-hydrogen) atoms. The molecule has 0 bridgehead atoms. The van der Waals surface area contributed by atoms with E-state index >= 15 is 0 Å². The standard InChI is InChI=1S/C15H18N2S/c1-9-4-5-13(10(2)6-9)15-17-11(3)14(18-15)12-7-16-8-12/h4-6,12,16H,7-8H2,1-3H3. The predicted octanol–water partition coefficient (Wildman–Crippen LogP) is 3.42. The van der Waals surface area contributed by atoms with Crippen LogP contribution >= 0.6 is 11.3 Å². The van der Waals surface area contributed by atoms with Gasteiger partial charge >= 0.3 is 0 Å². The maximum absolute atomic E-state index is 4.77. The molecule has 2 heterocycles. The Bertz CT molecular complexity index is 582. The normalized spacial score (nSPS) is 15.7. The summed E-state index contributed by atoms with van der Waals surface area (Å²) in [7, 11) is 0. The zero-order valence-electron chi connectivity index (χ0n) is 11.1. The molecule has 0 unspecified atom stereocenters. The van der Waals surface area contributed by atoms with Crippen molar-refractivity contribution < 1.29 is 0 Å². The molecule has 3 heteroatoms. The number of nitrogens with zero attached hydrogens (tertiary/aromatic N) is 1. The van der Waals surface area contributed by atoms with Crippen LogP contribution in [-0.4, -0.2) is 18.1 Å². The number of thiazole rings is 1. The summed E-state index contributed by atoms with van der Waals surface area (Å²) in [5.41, 5.74) is 5.13. The average Bonchev–Trinajstić information content (AvgIpc) is 2.58. The molecule has 1 aliphatic rings. The third-order valence-corrected chi connectivity index (χ3v) is 4.95. The summed E-state index contributed by atoms with van der Waals surface area (Å²) in [4.78, 5) is 6.23. The largest absolute Gasteiger partial charge is 0.315 e. The van der Waals surface area contributed by atoms with E-state index in [1.54, 1.807) is 0 Å². The molecule has 1 aromatic carbocycles. The fraction of sp³-hybridized carbons (Fsp3) is 0.400. The molecule has 1 saturated heterocycles. The second-order valence-corrected chi connectivity index (χ2v) is 6.17. The van der Waals surface area contributed by atoms with Crippen molar-refractivity contribution in [3.8, 4) is 10.6 Å². The summed E-state index contributed by atoms with van der Waals surface area (Å²) in [6, 6.07) is 6.60. The first-order chi connectivity index (χ1) is 8.65. The fourth-order valence-corrected chi connectivity index (χ4v) is 3.69. The van der Waals surface area contributed by atoms with Crippen LogP contribution in [0, 0.1) is 20.8 Å². The molecule has 2 aromatic rings. The second-order valence-electron chi connectivity index (χ2n) is 5.14. The summed E-state index contributed by atoms with van der Waals surface area (Å²) < 4.78 is 0. The number of benzene rings is 1. The van der Waals surface area contributed by atoms with E-state index in [2.05, 4.69) is 44.3 Å². The first-order valence-electron chi connectivity index (χ1n) is 6.41. The first-order valence-corrected chi connectivity index (χ1v) is 7.22. The lowest BCUT2D eigenvalue weighted by Crippen LogP contribution is -2.39. The predicted molar refractivity (Wildman–Crippen MR) is 77.4 cm³/mol. The molecule has 94 valence electrons. The number of hydrogen-bond donors (Lipinski definition) is 1. The monoisotopic (exact) mass is 258 g/mol. The van der Waals surface area contributed by atoms with Gasteiger partial charge in [-0.2, -0.15) is 0 Å². The third-order valence-electron chi connectivity index (χ3n) is 3.60. The Morgan fingerprint density at radius 3 is 2.61 bits per heavy atom. The van der Waals surface area contributed by atoms with Crippen molar-refractivity contribution in [2.75, 3.05) is 13.1 Å². The van der Waals surface area contributed by atoms with Crippen LogP contribution in [0.2, 0.25) is 0 Å². The molecule has 0 saturated carbocycles. The molecule has 0 amide bonds. The highest BCUT2D eigenvalue weighted by atomic mass is 32.1. The summed E-state index contributed by atoms with van der Waals surface area (Å²) in [5, 5.41) is 4.51. The van der Waals surface area contributed by atoms with E-state index in [1.165, 1.54) is 32.3 Å². The highest BCUT2D eigenvalue weighted by Gasteiger charge is 2.24.